The number of aliphatic hydroxyl groups is 1. The van der Waals surface area contributed by atoms with Crippen molar-refractivity contribution >= 4 is 11.6 Å². The van der Waals surface area contributed by atoms with Crippen LogP contribution >= 0.6 is 11.6 Å². The second-order valence-electron chi connectivity index (χ2n) is 5.04. The molecule has 1 N–H and O–H groups in total. The smallest absolute Gasteiger partial charge is 0.127 e. The molecule has 1 aromatic rings. The predicted octanol–water partition coefficient (Wildman–Crippen LogP) is 2.72. The Morgan fingerprint density at radius 1 is 1.56 bits per heavy atom. The van der Waals surface area contributed by atoms with E-state index in [1.54, 1.807) is 12.1 Å². The van der Waals surface area contributed by atoms with Crippen molar-refractivity contribution in [1.82, 2.24) is 4.90 Å². The molecule has 2 nitrogen and oxygen atoms in total. The zero-order valence-electron chi connectivity index (χ0n) is 10.6. The first-order valence-corrected chi connectivity index (χ1v) is 6.79. The lowest BCUT2D eigenvalue weighted by atomic mass is 10.0. The van der Waals surface area contributed by atoms with E-state index in [-0.39, 0.29) is 11.9 Å². The Kier molecular flexibility index (Phi) is 4.60. The first-order chi connectivity index (χ1) is 8.58. The monoisotopic (exact) mass is 271 g/mol. The maximum Gasteiger partial charge on any atom is 0.127 e. The van der Waals surface area contributed by atoms with Crippen molar-refractivity contribution in [3.63, 3.8) is 0 Å². The van der Waals surface area contributed by atoms with Crippen LogP contribution in [0.3, 0.4) is 0 Å². The summed E-state index contributed by atoms with van der Waals surface area (Å²) < 4.78 is 13.6. The van der Waals surface area contributed by atoms with E-state index in [1.165, 1.54) is 6.07 Å². The van der Waals surface area contributed by atoms with Gasteiger partial charge in [-0.05, 0) is 44.4 Å². The molecule has 1 heterocycles. The maximum absolute atomic E-state index is 13.6. The van der Waals surface area contributed by atoms with Gasteiger partial charge in [0.1, 0.15) is 5.82 Å². The summed E-state index contributed by atoms with van der Waals surface area (Å²) in [5, 5.41) is 10.0. The van der Waals surface area contributed by atoms with Gasteiger partial charge in [-0.1, -0.05) is 17.7 Å². The van der Waals surface area contributed by atoms with E-state index in [9.17, 15) is 9.50 Å². The molecule has 0 bridgehead atoms. The molecule has 1 aliphatic heterocycles. The van der Waals surface area contributed by atoms with Crippen LogP contribution in [0, 0.1) is 11.7 Å². The normalized spacial score (nSPS) is 22.3. The molecule has 4 heteroatoms. The van der Waals surface area contributed by atoms with Crippen LogP contribution < -0.4 is 0 Å². The van der Waals surface area contributed by atoms with Gasteiger partial charge in [0.25, 0.3) is 0 Å². The molecular weight excluding hydrogens is 253 g/mol. The highest BCUT2D eigenvalue weighted by Gasteiger charge is 2.25. The summed E-state index contributed by atoms with van der Waals surface area (Å²) >= 11 is 6.00. The third-order valence-electron chi connectivity index (χ3n) is 3.73. The number of likely N-dealkylation sites (tertiary alicyclic amines) is 1. The summed E-state index contributed by atoms with van der Waals surface area (Å²) in [5.74, 6) is 0.120. The van der Waals surface area contributed by atoms with Crippen molar-refractivity contribution in [3.8, 4) is 0 Å². The van der Waals surface area contributed by atoms with Gasteiger partial charge in [0.05, 0.1) is 6.10 Å². The molecule has 1 fully saturated rings. The molecule has 1 saturated heterocycles. The summed E-state index contributed by atoms with van der Waals surface area (Å²) in [7, 11) is 0. The van der Waals surface area contributed by atoms with Crippen molar-refractivity contribution in [1.29, 1.82) is 0 Å². The van der Waals surface area contributed by atoms with E-state index in [4.69, 9.17) is 11.6 Å². The van der Waals surface area contributed by atoms with E-state index in [1.807, 2.05) is 6.92 Å². The van der Waals surface area contributed by atoms with E-state index in [2.05, 4.69) is 4.90 Å². The lowest BCUT2D eigenvalue weighted by Crippen LogP contribution is -2.26. The van der Waals surface area contributed by atoms with Crippen molar-refractivity contribution in [2.24, 2.45) is 5.92 Å². The third kappa shape index (κ3) is 3.22. The minimum absolute atomic E-state index is 0.228. The van der Waals surface area contributed by atoms with Crippen molar-refractivity contribution < 1.29 is 9.50 Å². The number of nitrogens with zero attached hydrogens (tertiary/aromatic N) is 1. The zero-order chi connectivity index (χ0) is 13.1. The molecule has 0 spiro atoms. The molecule has 0 radical (unpaired) electrons. The summed E-state index contributed by atoms with van der Waals surface area (Å²) in [6.07, 6.45) is 1.38. The number of halogens is 2. The van der Waals surface area contributed by atoms with Gasteiger partial charge < -0.3 is 10.0 Å². The van der Waals surface area contributed by atoms with Gasteiger partial charge >= 0.3 is 0 Å². The van der Waals surface area contributed by atoms with Crippen LogP contribution in [0.2, 0.25) is 5.02 Å². The minimum Gasteiger partial charge on any atom is -0.393 e. The fraction of sp³-hybridized carbons (Fsp3) is 0.571. The molecule has 1 aromatic carbocycles. The van der Waals surface area contributed by atoms with Crippen LogP contribution in [0.25, 0.3) is 0 Å². The Morgan fingerprint density at radius 3 is 2.94 bits per heavy atom. The summed E-state index contributed by atoms with van der Waals surface area (Å²) in [6, 6.07) is 4.80. The van der Waals surface area contributed by atoms with E-state index >= 15 is 0 Å². The molecule has 0 aliphatic carbocycles. The first kappa shape index (κ1) is 13.8. The fourth-order valence-corrected chi connectivity index (χ4v) is 2.76. The lowest BCUT2D eigenvalue weighted by molar-refractivity contribution is 0.128. The van der Waals surface area contributed by atoms with Crippen molar-refractivity contribution in [3.05, 3.63) is 34.6 Å². The van der Waals surface area contributed by atoms with Crippen LogP contribution in [0.5, 0.6) is 0 Å². The number of rotatable bonds is 4. The molecule has 2 rings (SSSR count). The van der Waals surface area contributed by atoms with E-state index < -0.39 is 0 Å². The number of hydrogen-bond acceptors (Lipinski definition) is 2. The highest BCUT2D eigenvalue weighted by molar-refractivity contribution is 6.31. The lowest BCUT2D eigenvalue weighted by Gasteiger charge is -2.17. The van der Waals surface area contributed by atoms with Crippen LogP contribution in [-0.4, -0.2) is 35.7 Å². The molecular formula is C14H19ClFNO. The highest BCUT2D eigenvalue weighted by atomic mass is 35.5. The fourth-order valence-electron chi connectivity index (χ4n) is 2.50. The molecule has 2 atom stereocenters. The zero-order valence-corrected chi connectivity index (χ0v) is 11.3. The van der Waals surface area contributed by atoms with Gasteiger partial charge in [-0.3, -0.25) is 0 Å². The van der Waals surface area contributed by atoms with Crippen LogP contribution in [0.15, 0.2) is 18.2 Å². The standard InChI is InChI=1S/C14H19ClFNO/c1-10(18)11-5-7-17(9-11)8-6-12-13(15)3-2-4-14(12)16/h2-4,10-11,18H,5-9H2,1H3. The van der Waals surface area contributed by atoms with Gasteiger partial charge in [-0.25, -0.2) is 4.39 Å². The molecule has 18 heavy (non-hydrogen) atoms. The first-order valence-electron chi connectivity index (χ1n) is 6.41. The Labute approximate surface area is 112 Å². The predicted molar refractivity (Wildman–Crippen MR) is 71.3 cm³/mol. The van der Waals surface area contributed by atoms with Gasteiger partial charge in [-0.2, -0.15) is 0 Å². The SMILES string of the molecule is CC(O)C1CCN(CCc2c(F)cccc2Cl)C1. The van der Waals surface area contributed by atoms with Crippen molar-refractivity contribution in [2.75, 3.05) is 19.6 Å². The summed E-state index contributed by atoms with van der Waals surface area (Å²) in [5.41, 5.74) is 0.597. The summed E-state index contributed by atoms with van der Waals surface area (Å²) in [4.78, 5) is 2.26. The second kappa shape index (κ2) is 6.00. The largest absolute Gasteiger partial charge is 0.393 e. The average molecular weight is 272 g/mol. The Hall–Kier alpha value is -0.640. The van der Waals surface area contributed by atoms with Crippen LogP contribution in [0.1, 0.15) is 18.9 Å². The van der Waals surface area contributed by atoms with Crippen LogP contribution in [0.4, 0.5) is 4.39 Å². The Balaban J connectivity index is 1.89. The average Bonchev–Trinajstić information content (AvgIpc) is 2.77. The van der Waals surface area contributed by atoms with E-state index in [0.29, 0.717) is 22.9 Å². The number of aliphatic hydroxyl groups excluding tert-OH is 1. The Morgan fingerprint density at radius 2 is 2.33 bits per heavy atom. The van der Waals surface area contributed by atoms with Gasteiger partial charge in [0.15, 0.2) is 0 Å². The molecule has 2 unspecified atom stereocenters. The second-order valence-corrected chi connectivity index (χ2v) is 5.45. The van der Waals surface area contributed by atoms with Gasteiger partial charge in [-0.15, -0.1) is 0 Å². The number of hydrogen-bond donors (Lipinski definition) is 1. The topological polar surface area (TPSA) is 23.5 Å². The highest BCUT2D eigenvalue weighted by Crippen LogP contribution is 2.23. The summed E-state index contributed by atoms with van der Waals surface area (Å²) in [6.45, 7) is 4.50. The third-order valence-corrected chi connectivity index (χ3v) is 4.08. The quantitative estimate of drug-likeness (QED) is 0.910. The van der Waals surface area contributed by atoms with Gasteiger partial charge in [0, 0.05) is 23.7 Å². The Bertz CT molecular complexity index is 391. The van der Waals surface area contributed by atoms with Gasteiger partial charge in [0.2, 0.25) is 0 Å². The van der Waals surface area contributed by atoms with Crippen molar-refractivity contribution in [2.45, 2.75) is 25.9 Å². The van der Waals surface area contributed by atoms with E-state index in [0.717, 1.165) is 26.1 Å². The maximum atomic E-state index is 13.6. The molecule has 0 saturated carbocycles. The molecule has 1 aliphatic rings. The molecule has 0 amide bonds. The molecule has 100 valence electrons. The number of benzene rings is 1. The molecule has 0 aromatic heterocycles. The minimum atomic E-state index is -0.257. The van der Waals surface area contributed by atoms with Crippen LogP contribution in [-0.2, 0) is 6.42 Å².